The fraction of sp³-hybridized carbons (Fsp3) is 0.429. The van der Waals surface area contributed by atoms with Gasteiger partial charge in [0.05, 0.1) is 13.2 Å². The highest BCUT2D eigenvalue weighted by Crippen LogP contribution is 2.22. The molecular formula is C21H25N5O3. The average Bonchev–Trinajstić information content (AvgIpc) is 3.37. The number of benzene rings is 1. The van der Waals surface area contributed by atoms with E-state index < -0.39 is 0 Å². The molecule has 2 aromatic heterocycles. The third-order valence-electron chi connectivity index (χ3n) is 5.10. The number of carbonyl (C=O) groups is 1. The van der Waals surface area contributed by atoms with Gasteiger partial charge in [0.1, 0.15) is 5.75 Å². The minimum Gasteiger partial charge on any atom is -0.496 e. The van der Waals surface area contributed by atoms with Gasteiger partial charge in [-0.1, -0.05) is 18.2 Å². The Morgan fingerprint density at radius 2 is 2.14 bits per heavy atom. The second-order valence-electron chi connectivity index (χ2n) is 7.32. The number of aromatic nitrogens is 4. The molecule has 1 aliphatic rings. The van der Waals surface area contributed by atoms with E-state index in [2.05, 4.69) is 15.1 Å². The Morgan fingerprint density at radius 3 is 2.90 bits per heavy atom. The molecule has 0 N–H and O–H groups in total. The summed E-state index contributed by atoms with van der Waals surface area (Å²) in [6.45, 7) is 5.43. The van der Waals surface area contributed by atoms with Crippen molar-refractivity contribution >= 4 is 11.7 Å². The standard InChI is InChI=1S/C21H25N5O3/c1-14-11-15(2)26-21(22-14)23-19(24-26)20(27)25(13-17-8-6-10-29-17)12-16-7-4-5-9-18(16)28-3/h4-5,7,9,11,17H,6,8,10,12-13H2,1-3H3/t17-/m1/s1. The van der Waals surface area contributed by atoms with Gasteiger partial charge in [0.2, 0.25) is 5.82 Å². The molecule has 1 fully saturated rings. The second-order valence-corrected chi connectivity index (χ2v) is 7.32. The minimum atomic E-state index is -0.242. The SMILES string of the molecule is COc1ccccc1CN(C[C@H]1CCCO1)C(=O)c1nc2nc(C)cc(C)n2n1. The fourth-order valence-corrected chi connectivity index (χ4v) is 3.69. The summed E-state index contributed by atoms with van der Waals surface area (Å²) < 4.78 is 12.8. The molecule has 3 heterocycles. The number of rotatable bonds is 6. The zero-order valence-electron chi connectivity index (χ0n) is 17.0. The van der Waals surface area contributed by atoms with Crippen molar-refractivity contribution < 1.29 is 14.3 Å². The van der Waals surface area contributed by atoms with Crippen LogP contribution >= 0.6 is 0 Å². The van der Waals surface area contributed by atoms with E-state index in [-0.39, 0.29) is 17.8 Å². The summed E-state index contributed by atoms with van der Waals surface area (Å²) >= 11 is 0. The highest BCUT2D eigenvalue weighted by atomic mass is 16.5. The van der Waals surface area contributed by atoms with E-state index in [1.165, 1.54) is 0 Å². The van der Waals surface area contributed by atoms with Gasteiger partial charge >= 0.3 is 0 Å². The Kier molecular flexibility index (Phi) is 5.44. The van der Waals surface area contributed by atoms with Gasteiger partial charge in [-0.05, 0) is 38.8 Å². The largest absolute Gasteiger partial charge is 0.496 e. The lowest BCUT2D eigenvalue weighted by Crippen LogP contribution is -2.37. The molecule has 1 aromatic carbocycles. The lowest BCUT2D eigenvalue weighted by atomic mass is 10.1. The molecule has 1 amide bonds. The summed E-state index contributed by atoms with van der Waals surface area (Å²) in [4.78, 5) is 23.9. The number of carbonyl (C=O) groups excluding carboxylic acids is 1. The number of fused-ring (bicyclic) bond motifs is 1. The first kappa shape index (κ1) is 19.3. The molecule has 0 unspecified atom stereocenters. The average molecular weight is 395 g/mol. The first-order chi connectivity index (χ1) is 14.0. The fourth-order valence-electron chi connectivity index (χ4n) is 3.69. The van der Waals surface area contributed by atoms with E-state index in [0.29, 0.717) is 18.9 Å². The molecule has 0 spiro atoms. The van der Waals surface area contributed by atoms with Gasteiger partial charge in [0.15, 0.2) is 0 Å². The van der Waals surface area contributed by atoms with Crippen molar-refractivity contribution in [3.8, 4) is 5.75 Å². The van der Waals surface area contributed by atoms with Gasteiger partial charge in [-0.3, -0.25) is 4.79 Å². The molecule has 8 heteroatoms. The predicted octanol–water partition coefficient (Wildman–Crippen LogP) is 2.57. The van der Waals surface area contributed by atoms with Gasteiger partial charge in [-0.2, -0.15) is 4.98 Å². The Morgan fingerprint density at radius 1 is 1.31 bits per heavy atom. The van der Waals surface area contributed by atoms with Crippen LogP contribution in [0.25, 0.3) is 5.78 Å². The number of methoxy groups -OCH3 is 1. The van der Waals surface area contributed by atoms with E-state index in [9.17, 15) is 4.79 Å². The Hall–Kier alpha value is -3.00. The number of hydrogen-bond acceptors (Lipinski definition) is 6. The van der Waals surface area contributed by atoms with E-state index in [4.69, 9.17) is 9.47 Å². The molecule has 3 aromatic rings. The van der Waals surface area contributed by atoms with E-state index in [1.807, 2.05) is 44.2 Å². The molecular weight excluding hydrogens is 370 g/mol. The number of amides is 1. The molecule has 152 valence electrons. The predicted molar refractivity (Wildman–Crippen MR) is 107 cm³/mol. The van der Waals surface area contributed by atoms with Crippen molar-refractivity contribution in [1.29, 1.82) is 0 Å². The van der Waals surface area contributed by atoms with Crippen LogP contribution in [0.1, 0.15) is 40.4 Å². The smallest absolute Gasteiger partial charge is 0.294 e. The molecule has 0 radical (unpaired) electrons. The molecule has 1 aliphatic heterocycles. The summed E-state index contributed by atoms with van der Waals surface area (Å²) in [5.74, 6) is 1.07. The van der Waals surface area contributed by atoms with Crippen LogP contribution in [0.4, 0.5) is 0 Å². The van der Waals surface area contributed by atoms with Crippen molar-refractivity contribution in [3.05, 3.63) is 53.1 Å². The van der Waals surface area contributed by atoms with Crippen LogP contribution in [0.5, 0.6) is 5.75 Å². The van der Waals surface area contributed by atoms with Gasteiger partial charge < -0.3 is 14.4 Å². The maximum atomic E-state index is 13.4. The summed E-state index contributed by atoms with van der Waals surface area (Å²) in [5.41, 5.74) is 2.65. The molecule has 8 nitrogen and oxygen atoms in total. The van der Waals surface area contributed by atoms with E-state index in [1.54, 1.807) is 16.5 Å². The second kappa shape index (κ2) is 8.16. The van der Waals surface area contributed by atoms with Crippen molar-refractivity contribution in [1.82, 2.24) is 24.5 Å². The van der Waals surface area contributed by atoms with E-state index in [0.717, 1.165) is 42.1 Å². The minimum absolute atomic E-state index is 0.0211. The van der Waals surface area contributed by atoms with Crippen LogP contribution in [-0.2, 0) is 11.3 Å². The normalized spacial score (nSPS) is 16.3. The third-order valence-corrected chi connectivity index (χ3v) is 5.10. The summed E-state index contributed by atoms with van der Waals surface area (Å²) in [7, 11) is 1.63. The van der Waals surface area contributed by atoms with Crippen LogP contribution in [-0.4, -0.2) is 56.8 Å². The zero-order valence-corrected chi connectivity index (χ0v) is 17.0. The number of aryl methyl sites for hydroxylation is 2. The first-order valence-electron chi connectivity index (χ1n) is 9.79. The number of hydrogen-bond donors (Lipinski definition) is 0. The Labute approximate surface area is 169 Å². The number of para-hydroxylation sites is 1. The highest BCUT2D eigenvalue weighted by Gasteiger charge is 2.27. The zero-order chi connectivity index (χ0) is 20.4. The summed E-state index contributed by atoms with van der Waals surface area (Å²) in [6, 6.07) is 9.61. The maximum Gasteiger partial charge on any atom is 0.294 e. The third kappa shape index (κ3) is 4.07. The van der Waals surface area contributed by atoms with Crippen molar-refractivity contribution in [2.75, 3.05) is 20.3 Å². The lowest BCUT2D eigenvalue weighted by molar-refractivity contribution is 0.0497. The molecule has 4 rings (SSSR count). The van der Waals surface area contributed by atoms with Crippen LogP contribution < -0.4 is 4.74 Å². The van der Waals surface area contributed by atoms with Gasteiger partial charge in [-0.25, -0.2) is 9.50 Å². The van der Waals surface area contributed by atoms with Crippen molar-refractivity contribution in [2.45, 2.75) is 39.3 Å². The van der Waals surface area contributed by atoms with Gasteiger partial charge in [-0.15, -0.1) is 5.10 Å². The molecule has 1 saturated heterocycles. The Balaban J connectivity index is 1.66. The van der Waals surface area contributed by atoms with Gasteiger partial charge in [0.25, 0.3) is 11.7 Å². The topological polar surface area (TPSA) is 81.9 Å². The first-order valence-corrected chi connectivity index (χ1v) is 9.79. The molecule has 1 atom stereocenters. The van der Waals surface area contributed by atoms with Crippen LogP contribution in [0.15, 0.2) is 30.3 Å². The number of nitrogens with zero attached hydrogens (tertiary/aromatic N) is 5. The molecule has 29 heavy (non-hydrogen) atoms. The Bertz CT molecular complexity index is 1030. The van der Waals surface area contributed by atoms with Crippen LogP contribution in [0.3, 0.4) is 0 Å². The highest BCUT2D eigenvalue weighted by molar-refractivity contribution is 5.91. The number of ether oxygens (including phenoxy) is 2. The van der Waals surface area contributed by atoms with Crippen LogP contribution in [0, 0.1) is 13.8 Å². The van der Waals surface area contributed by atoms with Crippen molar-refractivity contribution in [2.24, 2.45) is 0 Å². The molecule has 0 bridgehead atoms. The summed E-state index contributed by atoms with van der Waals surface area (Å²) in [6.07, 6.45) is 1.97. The van der Waals surface area contributed by atoms with Crippen molar-refractivity contribution in [3.63, 3.8) is 0 Å². The van der Waals surface area contributed by atoms with E-state index >= 15 is 0 Å². The van der Waals surface area contributed by atoms with Gasteiger partial charge in [0, 0.05) is 36.6 Å². The molecule has 0 saturated carbocycles. The molecule has 0 aliphatic carbocycles. The maximum absolute atomic E-state index is 13.4. The summed E-state index contributed by atoms with van der Waals surface area (Å²) in [5, 5.41) is 4.41. The monoisotopic (exact) mass is 395 g/mol. The lowest BCUT2D eigenvalue weighted by Gasteiger charge is -2.25. The quantitative estimate of drug-likeness (QED) is 0.638. The van der Waals surface area contributed by atoms with Crippen LogP contribution in [0.2, 0.25) is 0 Å².